The van der Waals surface area contributed by atoms with Crippen molar-refractivity contribution in [2.45, 2.75) is 13.3 Å². The van der Waals surface area contributed by atoms with E-state index in [0.717, 1.165) is 12.5 Å². The van der Waals surface area contributed by atoms with Gasteiger partial charge in [0, 0.05) is 16.8 Å². The van der Waals surface area contributed by atoms with Gasteiger partial charge in [0.2, 0.25) is 0 Å². The molecule has 0 atom stereocenters. The van der Waals surface area contributed by atoms with Crippen molar-refractivity contribution in [3.63, 3.8) is 0 Å². The molecule has 0 aliphatic rings. The van der Waals surface area contributed by atoms with Gasteiger partial charge in [-0.05, 0) is 42.8 Å². The lowest BCUT2D eigenvalue weighted by Crippen LogP contribution is -2.20. The number of carbonyl (C=O) groups is 2. The Hall–Kier alpha value is -3.13. The van der Waals surface area contributed by atoms with Crippen LogP contribution >= 0.6 is 11.6 Å². The molecule has 8 nitrogen and oxygen atoms in total. The number of hydrogen-bond acceptors (Lipinski definition) is 6. The minimum Gasteiger partial charge on any atom is -0.477 e. The van der Waals surface area contributed by atoms with Crippen LogP contribution in [0.4, 0.5) is 11.4 Å². The molecule has 2 aromatic carbocycles. The Morgan fingerprint density at radius 3 is 2.52 bits per heavy atom. The zero-order valence-corrected chi connectivity index (χ0v) is 15.2. The lowest BCUT2D eigenvalue weighted by molar-refractivity contribution is -0.385. The fourth-order valence-electron chi connectivity index (χ4n) is 2.06. The van der Waals surface area contributed by atoms with Crippen molar-refractivity contribution in [3.05, 3.63) is 63.2 Å². The van der Waals surface area contributed by atoms with Crippen LogP contribution in [0.15, 0.2) is 42.5 Å². The predicted octanol–water partition coefficient (Wildman–Crippen LogP) is 3.83. The van der Waals surface area contributed by atoms with E-state index < -0.39 is 23.4 Å². The topological polar surface area (TPSA) is 108 Å². The Bertz CT molecular complexity index is 838. The molecule has 2 rings (SSSR count). The van der Waals surface area contributed by atoms with Crippen LogP contribution in [-0.2, 0) is 9.53 Å². The summed E-state index contributed by atoms with van der Waals surface area (Å²) in [4.78, 5) is 34.0. The molecule has 27 heavy (non-hydrogen) atoms. The Balaban J connectivity index is 1.93. The largest absolute Gasteiger partial charge is 0.477 e. The lowest BCUT2D eigenvalue weighted by atomic mass is 10.2. The Morgan fingerprint density at radius 2 is 1.89 bits per heavy atom. The Kier molecular flexibility index (Phi) is 7.13. The summed E-state index contributed by atoms with van der Waals surface area (Å²) >= 11 is 5.72. The first-order valence-corrected chi connectivity index (χ1v) is 8.42. The molecule has 0 saturated heterocycles. The van der Waals surface area contributed by atoms with Gasteiger partial charge in [-0.1, -0.05) is 18.5 Å². The number of nitro benzene ring substituents is 1. The number of nitrogens with zero attached hydrogens (tertiary/aromatic N) is 1. The molecule has 9 heteroatoms. The summed E-state index contributed by atoms with van der Waals surface area (Å²) in [5, 5.41) is 13.8. The third kappa shape index (κ3) is 5.96. The number of rotatable bonds is 8. The third-order valence-corrected chi connectivity index (χ3v) is 3.55. The number of amides is 1. The number of nitrogens with one attached hydrogen (secondary N) is 1. The lowest BCUT2D eigenvalue weighted by Gasteiger charge is -2.09. The number of anilines is 1. The van der Waals surface area contributed by atoms with Crippen molar-refractivity contribution in [2.24, 2.45) is 0 Å². The van der Waals surface area contributed by atoms with Crippen LogP contribution in [0.1, 0.15) is 23.7 Å². The second kappa shape index (κ2) is 9.54. The van der Waals surface area contributed by atoms with Crippen LogP contribution in [0.25, 0.3) is 0 Å². The van der Waals surface area contributed by atoms with E-state index in [2.05, 4.69) is 5.32 Å². The maximum absolute atomic E-state index is 12.0. The minimum absolute atomic E-state index is 0.0615. The average molecular weight is 393 g/mol. The summed E-state index contributed by atoms with van der Waals surface area (Å²) < 4.78 is 10.2. The van der Waals surface area contributed by atoms with Crippen molar-refractivity contribution >= 4 is 34.9 Å². The highest BCUT2D eigenvalue weighted by Crippen LogP contribution is 2.29. The molecular weight excluding hydrogens is 376 g/mol. The molecule has 0 unspecified atom stereocenters. The molecule has 0 radical (unpaired) electrons. The van der Waals surface area contributed by atoms with Gasteiger partial charge in [0.1, 0.15) is 0 Å². The molecule has 1 N–H and O–H groups in total. The van der Waals surface area contributed by atoms with Gasteiger partial charge in [-0.25, -0.2) is 4.79 Å². The summed E-state index contributed by atoms with van der Waals surface area (Å²) in [7, 11) is 0. The van der Waals surface area contributed by atoms with Gasteiger partial charge in [0.15, 0.2) is 12.4 Å². The number of halogens is 1. The number of benzene rings is 2. The number of ether oxygens (including phenoxy) is 2. The summed E-state index contributed by atoms with van der Waals surface area (Å²) in [6, 6.07) is 10.0. The van der Waals surface area contributed by atoms with Crippen LogP contribution in [0, 0.1) is 10.1 Å². The molecule has 0 aliphatic heterocycles. The van der Waals surface area contributed by atoms with Gasteiger partial charge in [-0.15, -0.1) is 0 Å². The normalized spacial score (nSPS) is 10.1. The molecule has 0 aliphatic carbocycles. The summed E-state index contributed by atoms with van der Waals surface area (Å²) in [6.45, 7) is 1.81. The minimum atomic E-state index is -0.643. The highest BCUT2D eigenvalue weighted by molar-refractivity contribution is 6.30. The highest BCUT2D eigenvalue weighted by atomic mass is 35.5. The van der Waals surface area contributed by atoms with Gasteiger partial charge in [0.25, 0.3) is 5.91 Å². The van der Waals surface area contributed by atoms with Gasteiger partial charge >= 0.3 is 11.7 Å². The van der Waals surface area contributed by atoms with E-state index in [4.69, 9.17) is 21.1 Å². The fourth-order valence-corrected chi connectivity index (χ4v) is 2.23. The first kappa shape index (κ1) is 20.2. The van der Waals surface area contributed by atoms with E-state index in [-0.39, 0.29) is 16.5 Å². The second-order valence-corrected chi connectivity index (χ2v) is 5.86. The van der Waals surface area contributed by atoms with Gasteiger partial charge in [-0.2, -0.15) is 0 Å². The molecule has 0 saturated carbocycles. The van der Waals surface area contributed by atoms with E-state index in [1.807, 2.05) is 6.92 Å². The zero-order valence-electron chi connectivity index (χ0n) is 14.4. The van der Waals surface area contributed by atoms with Crippen molar-refractivity contribution in [1.29, 1.82) is 0 Å². The smallest absolute Gasteiger partial charge is 0.338 e. The monoisotopic (exact) mass is 392 g/mol. The average Bonchev–Trinajstić information content (AvgIpc) is 2.65. The molecule has 0 spiro atoms. The van der Waals surface area contributed by atoms with Crippen molar-refractivity contribution in [1.82, 2.24) is 0 Å². The predicted molar refractivity (Wildman–Crippen MR) is 99.2 cm³/mol. The van der Waals surface area contributed by atoms with Crippen LogP contribution in [0.2, 0.25) is 5.02 Å². The Morgan fingerprint density at radius 1 is 1.19 bits per heavy atom. The fraction of sp³-hybridized carbons (Fsp3) is 0.222. The maximum Gasteiger partial charge on any atom is 0.338 e. The highest BCUT2D eigenvalue weighted by Gasteiger charge is 2.17. The van der Waals surface area contributed by atoms with Crippen LogP contribution in [-0.4, -0.2) is 30.0 Å². The number of nitro groups is 1. The number of hydrogen-bond donors (Lipinski definition) is 1. The van der Waals surface area contributed by atoms with Gasteiger partial charge in [0.05, 0.1) is 17.1 Å². The summed E-state index contributed by atoms with van der Waals surface area (Å²) in [5.74, 6) is -1.01. The van der Waals surface area contributed by atoms with Crippen molar-refractivity contribution < 1.29 is 24.0 Å². The molecular formula is C18H17ClN2O6. The summed E-state index contributed by atoms with van der Waals surface area (Å²) in [5.41, 5.74) is 0.487. The quantitative estimate of drug-likeness (QED) is 0.415. The zero-order chi connectivity index (χ0) is 19.8. The van der Waals surface area contributed by atoms with Crippen molar-refractivity contribution in [2.75, 3.05) is 18.5 Å². The first-order valence-electron chi connectivity index (χ1n) is 8.04. The molecule has 0 heterocycles. The molecule has 0 aromatic heterocycles. The molecule has 142 valence electrons. The molecule has 0 bridgehead atoms. The molecule has 1 amide bonds. The first-order chi connectivity index (χ1) is 12.9. The Labute approximate surface area is 160 Å². The van der Waals surface area contributed by atoms with Crippen LogP contribution < -0.4 is 10.1 Å². The van der Waals surface area contributed by atoms with E-state index in [1.165, 1.54) is 24.3 Å². The van der Waals surface area contributed by atoms with E-state index >= 15 is 0 Å². The molecule has 2 aromatic rings. The van der Waals surface area contributed by atoms with Crippen LogP contribution in [0.3, 0.4) is 0 Å². The van der Waals surface area contributed by atoms with Gasteiger partial charge in [-0.3, -0.25) is 14.9 Å². The van der Waals surface area contributed by atoms with Gasteiger partial charge < -0.3 is 14.8 Å². The van der Waals surface area contributed by atoms with E-state index in [1.54, 1.807) is 12.1 Å². The standard InChI is InChI=1S/C18H17ClN2O6/c1-2-9-26-18(23)12-3-6-14(7-4-12)20-17(22)11-27-16-8-5-13(19)10-15(16)21(24)25/h3-8,10H,2,9,11H2,1H3,(H,20,22). The molecule has 0 fully saturated rings. The van der Waals surface area contributed by atoms with E-state index in [9.17, 15) is 19.7 Å². The number of carbonyl (C=O) groups excluding carboxylic acids is 2. The van der Waals surface area contributed by atoms with E-state index in [0.29, 0.717) is 17.9 Å². The van der Waals surface area contributed by atoms with Crippen molar-refractivity contribution in [3.8, 4) is 5.75 Å². The van der Waals surface area contributed by atoms with Crippen LogP contribution in [0.5, 0.6) is 5.75 Å². The SMILES string of the molecule is CCCOC(=O)c1ccc(NC(=O)COc2ccc(Cl)cc2[N+](=O)[O-])cc1. The maximum atomic E-state index is 12.0. The summed E-state index contributed by atoms with van der Waals surface area (Å²) in [6.07, 6.45) is 0.728. The third-order valence-electron chi connectivity index (χ3n) is 3.32. The second-order valence-electron chi connectivity index (χ2n) is 5.42. The number of esters is 1.